The Morgan fingerprint density at radius 3 is 2.74 bits per heavy atom. The zero-order valence-electron chi connectivity index (χ0n) is 11.6. The summed E-state index contributed by atoms with van der Waals surface area (Å²) >= 11 is 0. The first-order valence-corrected chi connectivity index (χ1v) is 7.93. The largest absolute Gasteiger partial charge is 0.463 e. The van der Waals surface area contributed by atoms with Crippen molar-refractivity contribution in [1.82, 2.24) is 4.98 Å². The minimum absolute atomic E-state index is 0.0624. The average molecular weight is 331 g/mol. The highest BCUT2D eigenvalue weighted by Gasteiger charge is 2.19. The topological polar surface area (TPSA) is 98.9 Å². The van der Waals surface area contributed by atoms with Crippen molar-refractivity contribution in [3.63, 3.8) is 0 Å². The smallest absolute Gasteiger partial charge is 0.263 e. The number of nitriles is 1. The maximum Gasteiger partial charge on any atom is 0.263 e. The number of rotatable bonds is 4. The van der Waals surface area contributed by atoms with Gasteiger partial charge in [0.1, 0.15) is 16.5 Å². The Labute approximate surface area is 131 Å². The summed E-state index contributed by atoms with van der Waals surface area (Å²) in [5.41, 5.74) is 0.354. The van der Waals surface area contributed by atoms with E-state index in [1.165, 1.54) is 30.7 Å². The first-order valence-electron chi connectivity index (χ1n) is 6.44. The van der Waals surface area contributed by atoms with E-state index >= 15 is 0 Å². The van der Waals surface area contributed by atoms with Crippen LogP contribution in [-0.2, 0) is 10.0 Å². The Balaban J connectivity index is 1.89. The van der Waals surface area contributed by atoms with Crippen molar-refractivity contribution < 1.29 is 17.2 Å². The third-order valence-electron chi connectivity index (χ3n) is 3.10. The minimum atomic E-state index is -3.97. The van der Waals surface area contributed by atoms with Gasteiger partial charge in [0.05, 0.1) is 29.3 Å². The second kappa shape index (κ2) is 5.62. The highest BCUT2D eigenvalue weighted by Crippen LogP contribution is 2.24. The molecule has 23 heavy (non-hydrogen) atoms. The van der Waals surface area contributed by atoms with Gasteiger partial charge >= 0.3 is 0 Å². The van der Waals surface area contributed by atoms with Gasteiger partial charge in [0, 0.05) is 6.20 Å². The summed E-state index contributed by atoms with van der Waals surface area (Å²) in [4.78, 5) is 2.72. The van der Waals surface area contributed by atoms with Gasteiger partial charge in [0.25, 0.3) is 10.0 Å². The lowest BCUT2D eigenvalue weighted by molar-refractivity contribution is 0.580. The molecule has 116 valence electrons. The molecule has 0 fully saturated rings. The number of furan rings is 1. The number of hydrogen-bond acceptors (Lipinski definition) is 4. The first kappa shape index (κ1) is 14.9. The Bertz CT molecular complexity index is 985. The lowest BCUT2D eigenvalue weighted by Gasteiger charge is -2.07. The van der Waals surface area contributed by atoms with E-state index in [-0.39, 0.29) is 16.1 Å². The number of benzene rings is 1. The Hall–Kier alpha value is -3.05. The lowest BCUT2D eigenvalue weighted by Crippen LogP contribution is -2.13. The van der Waals surface area contributed by atoms with Crippen LogP contribution in [0, 0.1) is 17.1 Å². The van der Waals surface area contributed by atoms with E-state index in [0.29, 0.717) is 11.5 Å². The maximum atomic E-state index is 13.8. The molecule has 0 saturated carbocycles. The van der Waals surface area contributed by atoms with Crippen LogP contribution in [0.5, 0.6) is 0 Å². The Kier molecular flexibility index (Phi) is 3.64. The van der Waals surface area contributed by atoms with Gasteiger partial charge in [-0.05, 0) is 36.4 Å². The van der Waals surface area contributed by atoms with Crippen LogP contribution >= 0.6 is 0 Å². The summed E-state index contributed by atoms with van der Waals surface area (Å²) in [5, 5.41) is 8.69. The van der Waals surface area contributed by atoms with Crippen LogP contribution in [0.4, 0.5) is 10.1 Å². The standard InChI is InChI=1S/C15H10FN3O3S/c16-12-6-10(8-17)3-4-13(12)19-23(20,21)11-7-14(18-9-11)15-2-1-5-22-15/h1-7,9,18-19H. The molecule has 2 aromatic heterocycles. The molecule has 0 aliphatic heterocycles. The monoisotopic (exact) mass is 331 g/mol. The van der Waals surface area contributed by atoms with Gasteiger partial charge < -0.3 is 9.40 Å². The van der Waals surface area contributed by atoms with Crippen molar-refractivity contribution in [3.05, 3.63) is 60.2 Å². The molecule has 3 aromatic rings. The number of H-pyrrole nitrogens is 1. The first-order chi connectivity index (χ1) is 11.0. The number of anilines is 1. The van der Waals surface area contributed by atoms with Gasteiger partial charge in [-0.3, -0.25) is 4.72 Å². The predicted molar refractivity (Wildman–Crippen MR) is 80.4 cm³/mol. The van der Waals surface area contributed by atoms with Crippen molar-refractivity contribution in [2.24, 2.45) is 0 Å². The zero-order chi connectivity index (χ0) is 16.4. The summed E-state index contributed by atoms with van der Waals surface area (Å²) in [6.45, 7) is 0. The third kappa shape index (κ3) is 2.95. The zero-order valence-corrected chi connectivity index (χ0v) is 12.4. The molecule has 2 heterocycles. The number of sulfonamides is 1. The normalized spacial score (nSPS) is 11.1. The fraction of sp³-hybridized carbons (Fsp3) is 0. The van der Waals surface area contributed by atoms with Gasteiger partial charge in [-0.1, -0.05) is 0 Å². The van der Waals surface area contributed by atoms with E-state index in [0.717, 1.165) is 6.07 Å². The van der Waals surface area contributed by atoms with Crippen molar-refractivity contribution >= 4 is 15.7 Å². The predicted octanol–water partition coefficient (Wildman–Crippen LogP) is 3.09. The molecule has 6 nitrogen and oxygen atoms in total. The Morgan fingerprint density at radius 1 is 1.26 bits per heavy atom. The maximum absolute atomic E-state index is 13.8. The molecule has 0 amide bonds. The van der Waals surface area contributed by atoms with Crippen LogP contribution in [0.2, 0.25) is 0 Å². The number of aromatic nitrogens is 1. The third-order valence-corrected chi connectivity index (χ3v) is 4.44. The molecule has 8 heteroatoms. The fourth-order valence-corrected chi connectivity index (χ4v) is 3.03. The summed E-state index contributed by atoms with van der Waals surface area (Å²) in [7, 11) is -3.97. The van der Waals surface area contributed by atoms with Crippen LogP contribution in [-0.4, -0.2) is 13.4 Å². The van der Waals surface area contributed by atoms with E-state index in [4.69, 9.17) is 9.68 Å². The summed E-state index contributed by atoms with van der Waals surface area (Å²) in [6.07, 6.45) is 2.75. The number of halogens is 1. The molecule has 0 spiro atoms. The fourth-order valence-electron chi connectivity index (χ4n) is 1.97. The van der Waals surface area contributed by atoms with Gasteiger partial charge in [0.15, 0.2) is 0 Å². The van der Waals surface area contributed by atoms with Gasteiger partial charge in [-0.2, -0.15) is 5.26 Å². The summed E-state index contributed by atoms with van der Waals surface area (Å²) in [6, 6.07) is 9.99. The van der Waals surface area contributed by atoms with Crippen LogP contribution in [0.15, 0.2) is 58.2 Å². The van der Waals surface area contributed by atoms with Gasteiger partial charge in [-0.15, -0.1) is 0 Å². The lowest BCUT2D eigenvalue weighted by atomic mass is 10.2. The van der Waals surface area contributed by atoms with E-state index in [9.17, 15) is 12.8 Å². The van der Waals surface area contributed by atoms with Crippen LogP contribution in [0.3, 0.4) is 0 Å². The van der Waals surface area contributed by atoms with Crippen molar-refractivity contribution in [2.75, 3.05) is 4.72 Å². The minimum Gasteiger partial charge on any atom is -0.463 e. The summed E-state index contributed by atoms with van der Waals surface area (Å²) in [5.74, 6) is -0.342. The second-order valence-corrected chi connectivity index (χ2v) is 6.32. The van der Waals surface area contributed by atoms with Crippen molar-refractivity contribution in [2.45, 2.75) is 4.90 Å². The second-order valence-electron chi connectivity index (χ2n) is 4.64. The number of nitrogens with zero attached hydrogens (tertiary/aromatic N) is 1. The molecule has 0 radical (unpaired) electrons. The SMILES string of the molecule is N#Cc1ccc(NS(=O)(=O)c2c[nH]c(-c3ccco3)c2)c(F)c1. The average Bonchev–Trinajstić information content (AvgIpc) is 3.20. The van der Waals surface area contributed by atoms with Crippen LogP contribution in [0.25, 0.3) is 11.5 Å². The molecule has 0 aliphatic carbocycles. The van der Waals surface area contributed by atoms with Crippen molar-refractivity contribution in [1.29, 1.82) is 5.26 Å². The molecule has 0 atom stereocenters. The molecule has 0 saturated heterocycles. The van der Waals surface area contributed by atoms with Gasteiger partial charge in [-0.25, -0.2) is 12.8 Å². The molecule has 0 aliphatic rings. The van der Waals surface area contributed by atoms with Crippen LogP contribution < -0.4 is 4.72 Å². The van der Waals surface area contributed by atoms with E-state index < -0.39 is 15.8 Å². The van der Waals surface area contributed by atoms with Crippen LogP contribution in [0.1, 0.15) is 5.56 Å². The molecule has 0 unspecified atom stereocenters. The molecule has 2 N–H and O–H groups in total. The number of aromatic amines is 1. The summed E-state index contributed by atoms with van der Waals surface area (Å²) < 4.78 is 45.7. The van der Waals surface area contributed by atoms with Gasteiger partial charge in [0.2, 0.25) is 0 Å². The molecule has 3 rings (SSSR count). The molecular formula is C15H10FN3O3S. The quantitative estimate of drug-likeness (QED) is 0.767. The van der Waals surface area contributed by atoms with E-state index in [1.807, 2.05) is 0 Å². The van der Waals surface area contributed by atoms with Crippen molar-refractivity contribution in [3.8, 4) is 17.5 Å². The highest BCUT2D eigenvalue weighted by molar-refractivity contribution is 7.92. The number of nitrogens with one attached hydrogen (secondary N) is 2. The molecule has 1 aromatic carbocycles. The Morgan fingerprint density at radius 2 is 2.09 bits per heavy atom. The van der Waals surface area contributed by atoms with E-state index in [2.05, 4.69) is 9.71 Å². The highest BCUT2D eigenvalue weighted by atomic mass is 32.2. The molecular weight excluding hydrogens is 321 g/mol. The number of hydrogen-bond donors (Lipinski definition) is 2. The van der Waals surface area contributed by atoms with E-state index in [1.54, 1.807) is 18.2 Å². The molecule has 0 bridgehead atoms.